The van der Waals surface area contributed by atoms with Crippen molar-refractivity contribution in [2.24, 2.45) is 12.0 Å². The molecule has 6 heteroatoms. The Morgan fingerprint density at radius 2 is 1.96 bits per heavy atom. The van der Waals surface area contributed by atoms with Gasteiger partial charge in [-0.05, 0) is 38.3 Å². The SMILES string of the molecule is CCc1nn(C)c(CC)c1CNC(=NC)NCC(C)Oc1ccccc1C. The summed E-state index contributed by atoms with van der Waals surface area (Å²) in [6.07, 6.45) is 1.92. The van der Waals surface area contributed by atoms with Crippen LogP contribution in [0.3, 0.4) is 0 Å². The van der Waals surface area contributed by atoms with Gasteiger partial charge >= 0.3 is 0 Å². The molecule has 2 aromatic rings. The topological polar surface area (TPSA) is 63.5 Å². The van der Waals surface area contributed by atoms with Gasteiger partial charge in [0.15, 0.2) is 5.96 Å². The molecule has 1 aromatic heterocycles. The number of para-hydroxylation sites is 1. The van der Waals surface area contributed by atoms with Gasteiger partial charge in [0.25, 0.3) is 0 Å². The Bertz CT molecular complexity index is 766. The number of hydrogen-bond acceptors (Lipinski definition) is 3. The van der Waals surface area contributed by atoms with E-state index in [4.69, 9.17) is 4.74 Å². The van der Waals surface area contributed by atoms with Crippen LogP contribution in [0.2, 0.25) is 0 Å². The zero-order valence-corrected chi connectivity index (χ0v) is 17.5. The number of aromatic nitrogens is 2. The first-order valence-corrected chi connectivity index (χ1v) is 9.70. The van der Waals surface area contributed by atoms with Gasteiger partial charge in [-0.25, -0.2) is 0 Å². The number of rotatable bonds is 8. The minimum Gasteiger partial charge on any atom is -0.489 e. The van der Waals surface area contributed by atoms with E-state index in [2.05, 4.69) is 54.5 Å². The van der Waals surface area contributed by atoms with Crippen LogP contribution in [0.4, 0.5) is 0 Å². The van der Waals surface area contributed by atoms with E-state index in [0.717, 1.165) is 35.8 Å². The quantitative estimate of drug-likeness (QED) is 0.553. The number of aliphatic imine (C=N–C) groups is 1. The van der Waals surface area contributed by atoms with E-state index >= 15 is 0 Å². The molecule has 0 radical (unpaired) electrons. The van der Waals surface area contributed by atoms with Crippen LogP contribution >= 0.6 is 0 Å². The number of ether oxygens (including phenoxy) is 1. The summed E-state index contributed by atoms with van der Waals surface area (Å²) in [6, 6.07) is 8.07. The molecule has 0 fully saturated rings. The zero-order valence-electron chi connectivity index (χ0n) is 17.5. The van der Waals surface area contributed by atoms with E-state index < -0.39 is 0 Å². The van der Waals surface area contributed by atoms with Crippen molar-refractivity contribution in [3.05, 3.63) is 46.8 Å². The Balaban J connectivity index is 1.90. The standard InChI is InChI=1S/C21H33N5O/c1-7-18-17(19(8-2)26(6)25-18)14-24-21(22-5)23-13-16(4)27-20-12-10-9-11-15(20)3/h9-12,16H,7-8,13-14H2,1-6H3,(H2,22,23,24). The van der Waals surface area contributed by atoms with Crippen LogP contribution in [0, 0.1) is 6.92 Å². The number of nitrogens with zero attached hydrogens (tertiary/aromatic N) is 3. The maximum absolute atomic E-state index is 6.02. The second-order valence-electron chi connectivity index (χ2n) is 6.70. The predicted octanol–water partition coefficient (Wildman–Crippen LogP) is 2.99. The molecule has 27 heavy (non-hydrogen) atoms. The molecular formula is C21H33N5O. The number of benzene rings is 1. The fourth-order valence-corrected chi connectivity index (χ4v) is 3.17. The maximum Gasteiger partial charge on any atom is 0.191 e. The van der Waals surface area contributed by atoms with Gasteiger partial charge in [-0.1, -0.05) is 32.0 Å². The molecule has 0 saturated heterocycles. The van der Waals surface area contributed by atoms with Gasteiger partial charge in [0, 0.05) is 31.9 Å². The Labute approximate surface area is 163 Å². The lowest BCUT2D eigenvalue weighted by Crippen LogP contribution is -2.41. The lowest BCUT2D eigenvalue weighted by atomic mass is 10.1. The third kappa shape index (κ3) is 5.49. The van der Waals surface area contributed by atoms with Crippen molar-refractivity contribution in [1.29, 1.82) is 0 Å². The van der Waals surface area contributed by atoms with Crippen LogP contribution in [-0.4, -0.2) is 35.4 Å². The van der Waals surface area contributed by atoms with Gasteiger partial charge in [-0.2, -0.15) is 5.10 Å². The highest BCUT2D eigenvalue weighted by Crippen LogP contribution is 2.17. The van der Waals surface area contributed by atoms with E-state index in [1.165, 1.54) is 11.3 Å². The van der Waals surface area contributed by atoms with E-state index in [1.807, 2.05) is 29.9 Å². The third-order valence-corrected chi connectivity index (χ3v) is 4.66. The van der Waals surface area contributed by atoms with Gasteiger partial charge in [0.05, 0.1) is 12.2 Å². The van der Waals surface area contributed by atoms with E-state index in [1.54, 1.807) is 7.05 Å². The number of guanidine groups is 1. The zero-order chi connectivity index (χ0) is 19.8. The molecule has 2 rings (SSSR count). The average Bonchev–Trinajstić information content (AvgIpc) is 2.98. The van der Waals surface area contributed by atoms with Gasteiger partial charge in [-0.3, -0.25) is 9.67 Å². The molecular weight excluding hydrogens is 338 g/mol. The Morgan fingerprint density at radius 3 is 2.59 bits per heavy atom. The summed E-state index contributed by atoms with van der Waals surface area (Å²) in [5.74, 6) is 1.69. The first kappa shape index (κ1) is 20.8. The smallest absolute Gasteiger partial charge is 0.191 e. The summed E-state index contributed by atoms with van der Waals surface area (Å²) >= 11 is 0. The Morgan fingerprint density at radius 1 is 1.22 bits per heavy atom. The molecule has 1 aromatic carbocycles. The average molecular weight is 372 g/mol. The molecule has 1 unspecified atom stereocenters. The molecule has 0 saturated carbocycles. The van der Waals surface area contributed by atoms with Crippen molar-refractivity contribution < 1.29 is 4.74 Å². The van der Waals surface area contributed by atoms with Crippen LogP contribution in [0.1, 0.15) is 43.3 Å². The molecule has 0 spiro atoms. The van der Waals surface area contributed by atoms with Crippen molar-refractivity contribution in [3.8, 4) is 5.75 Å². The number of hydrogen-bond donors (Lipinski definition) is 2. The lowest BCUT2D eigenvalue weighted by molar-refractivity contribution is 0.222. The predicted molar refractivity (Wildman–Crippen MR) is 111 cm³/mol. The monoisotopic (exact) mass is 371 g/mol. The summed E-state index contributed by atoms with van der Waals surface area (Å²) in [6.45, 7) is 9.80. The molecule has 2 N–H and O–H groups in total. The first-order chi connectivity index (χ1) is 13.0. The van der Waals surface area contributed by atoms with Crippen LogP contribution in [0.25, 0.3) is 0 Å². The largest absolute Gasteiger partial charge is 0.489 e. The minimum atomic E-state index is 0.0282. The van der Waals surface area contributed by atoms with Crippen molar-refractivity contribution >= 4 is 5.96 Å². The van der Waals surface area contributed by atoms with Crippen molar-refractivity contribution in [1.82, 2.24) is 20.4 Å². The van der Waals surface area contributed by atoms with E-state index in [0.29, 0.717) is 13.1 Å². The van der Waals surface area contributed by atoms with Gasteiger partial charge in [0.2, 0.25) is 0 Å². The summed E-state index contributed by atoms with van der Waals surface area (Å²) in [4.78, 5) is 4.33. The Hall–Kier alpha value is -2.50. The highest BCUT2D eigenvalue weighted by atomic mass is 16.5. The number of nitrogens with one attached hydrogen (secondary N) is 2. The number of aryl methyl sites for hydroxylation is 3. The Kier molecular flexibility index (Phi) is 7.70. The van der Waals surface area contributed by atoms with Gasteiger partial charge in [0.1, 0.15) is 11.9 Å². The highest BCUT2D eigenvalue weighted by molar-refractivity contribution is 5.79. The van der Waals surface area contributed by atoms with Crippen LogP contribution in [0.15, 0.2) is 29.3 Å². The molecule has 0 aliphatic heterocycles. The van der Waals surface area contributed by atoms with Crippen molar-refractivity contribution in [2.75, 3.05) is 13.6 Å². The van der Waals surface area contributed by atoms with E-state index in [9.17, 15) is 0 Å². The maximum atomic E-state index is 6.02. The van der Waals surface area contributed by atoms with Crippen LogP contribution in [-0.2, 0) is 26.4 Å². The normalized spacial score (nSPS) is 12.7. The fraction of sp³-hybridized carbons (Fsp3) is 0.524. The highest BCUT2D eigenvalue weighted by Gasteiger charge is 2.14. The first-order valence-electron chi connectivity index (χ1n) is 9.70. The fourth-order valence-electron chi connectivity index (χ4n) is 3.17. The van der Waals surface area contributed by atoms with Crippen LogP contribution < -0.4 is 15.4 Å². The van der Waals surface area contributed by atoms with Crippen molar-refractivity contribution in [2.45, 2.75) is 53.2 Å². The molecule has 1 heterocycles. The van der Waals surface area contributed by atoms with E-state index in [-0.39, 0.29) is 6.10 Å². The third-order valence-electron chi connectivity index (χ3n) is 4.66. The minimum absolute atomic E-state index is 0.0282. The van der Waals surface area contributed by atoms with Crippen molar-refractivity contribution in [3.63, 3.8) is 0 Å². The summed E-state index contributed by atoms with van der Waals surface area (Å²) in [5, 5.41) is 11.4. The second kappa shape index (κ2) is 10.00. The summed E-state index contributed by atoms with van der Waals surface area (Å²) < 4.78 is 8.01. The molecule has 0 amide bonds. The summed E-state index contributed by atoms with van der Waals surface area (Å²) in [5.41, 5.74) is 4.83. The van der Waals surface area contributed by atoms with Gasteiger partial charge < -0.3 is 15.4 Å². The van der Waals surface area contributed by atoms with Gasteiger partial charge in [-0.15, -0.1) is 0 Å². The second-order valence-corrected chi connectivity index (χ2v) is 6.70. The lowest BCUT2D eigenvalue weighted by Gasteiger charge is -2.19. The molecule has 1 atom stereocenters. The molecule has 0 aliphatic carbocycles. The molecule has 0 bridgehead atoms. The summed E-state index contributed by atoms with van der Waals surface area (Å²) in [7, 11) is 3.80. The molecule has 0 aliphatic rings. The molecule has 148 valence electrons. The van der Waals surface area contributed by atoms with Crippen LogP contribution in [0.5, 0.6) is 5.75 Å². The molecule has 6 nitrogen and oxygen atoms in total.